The van der Waals surface area contributed by atoms with Gasteiger partial charge in [-0.05, 0) is 25.8 Å². The SMILES string of the molecule is CCCCCCCCCCCCOS(=O)(=O)[O-].NCCCC[C@H](N)C(=O)O.[Zn]. The maximum atomic E-state index is 10.1. The van der Waals surface area contributed by atoms with Crippen molar-refractivity contribution in [1.29, 1.82) is 0 Å². The molecule has 5 N–H and O–H groups in total. The van der Waals surface area contributed by atoms with Crippen LogP contribution in [0.5, 0.6) is 0 Å². The average Bonchev–Trinajstić information content (AvgIpc) is 2.59. The Morgan fingerprint density at radius 3 is 1.82 bits per heavy atom. The largest absolute Gasteiger partial charge is 0.726 e. The Kier molecular flexibility index (Phi) is 26.9. The van der Waals surface area contributed by atoms with Gasteiger partial charge in [-0.15, -0.1) is 0 Å². The summed E-state index contributed by atoms with van der Waals surface area (Å²) in [7, 11) is -4.48. The molecule has 0 radical (unpaired) electrons. The number of hydrogen-bond donors (Lipinski definition) is 3. The predicted molar refractivity (Wildman–Crippen MR) is 106 cm³/mol. The summed E-state index contributed by atoms with van der Waals surface area (Å²) in [5.74, 6) is -0.933. The molecule has 0 amide bonds. The van der Waals surface area contributed by atoms with Crippen molar-refractivity contribution in [3.05, 3.63) is 0 Å². The van der Waals surface area contributed by atoms with Crippen LogP contribution >= 0.6 is 0 Å². The van der Waals surface area contributed by atoms with Crippen LogP contribution in [0.25, 0.3) is 0 Å². The molecule has 166 valence electrons. The van der Waals surface area contributed by atoms with Gasteiger partial charge in [0.2, 0.25) is 10.4 Å². The van der Waals surface area contributed by atoms with Crippen LogP contribution in [-0.2, 0) is 38.9 Å². The van der Waals surface area contributed by atoms with Crippen molar-refractivity contribution < 1.29 is 46.5 Å². The van der Waals surface area contributed by atoms with Gasteiger partial charge in [0.15, 0.2) is 0 Å². The number of aliphatic carboxylic acids is 1. The van der Waals surface area contributed by atoms with Gasteiger partial charge in [0.1, 0.15) is 6.04 Å². The van der Waals surface area contributed by atoms with Gasteiger partial charge in [0.25, 0.3) is 0 Å². The topological polar surface area (TPSA) is 156 Å². The summed E-state index contributed by atoms with van der Waals surface area (Å²) in [4.78, 5) is 10.1. The third-order valence-corrected chi connectivity index (χ3v) is 4.47. The van der Waals surface area contributed by atoms with Gasteiger partial charge in [-0.25, -0.2) is 8.42 Å². The van der Waals surface area contributed by atoms with E-state index in [1.54, 1.807) is 0 Å². The summed E-state index contributed by atoms with van der Waals surface area (Å²) < 4.78 is 34.5. The second-order valence-corrected chi connectivity index (χ2v) is 7.69. The first-order valence-electron chi connectivity index (χ1n) is 10.0. The molecule has 0 spiro atoms. The molecule has 8 nitrogen and oxygen atoms in total. The molecule has 0 aliphatic rings. The maximum absolute atomic E-state index is 10.1. The molecule has 0 aromatic heterocycles. The summed E-state index contributed by atoms with van der Waals surface area (Å²) >= 11 is 0. The molecular formula is C18H39N2O6SZn-. The Hall–Kier alpha value is -0.117. The molecule has 0 aromatic rings. The smallest absolute Gasteiger partial charge is 0.320 e. The van der Waals surface area contributed by atoms with Crippen molar-refractivity contribution in [1.82, 2.24) is 0 Å². The van der Waals surface area contributed by atoms with E-state index in [4.69, 9.17) is 16.6 Å². The standard InChI is InChI=1S/C12H26O4S.C6H14N2O2.Zn/c1-2-3-4-5-6-7-8-9-10-11-12-16-17(13,14)15;7-4-2-1-3-5(8)6(9)10;/h2-12H2,1H3,(H,13,14,15);5H,1-4,7-8H2,(H,9,10);/p-1/t;5-;/m.0./s1. The van der Waals surface area contributed by atoms with Crippen molar-refractivity contribution in [3.63, 3.8) is 0 Å². The predicted octanol–water partition coefficient (Wildman–Crippen LogP) is 2.91. The van der Waals surface area contributed by atoms with Crippen LogP contribution in [0.15, 0.2) is 0 Å². The molecule has 0 aliphatic carbocycles. The van der Waals surface area contributed by atoms with Gasteiger partial charge in [0.05, 0.1) is 6.61 Å². The first-order chi connectivity index (χ1) is 12.7. The molecule has 0 saturated carbocycles. The van der Waals surface area contributed by atoms with Crippen LogP contribution in [0.3, 0.4) is 0 Å². The summed E-state index contributed by atoms with van der Waals surface area (Å²) in [6, 6.07) is -0.716. The van der Waals surface area contributed by atoms with E-state index in [-0.39, 0.29) is 26.1 Å². The van der Waals surface area contributed by atoms with Crippen molar-refractivity contribution >= 4 is 16.4 Å². The van der Waals surface area contributed by atoms with E-state index in [1.807, 2.05) is 0 Å². The number of carboxylic acid groups (broad SMARTS) is 1. The summed E-state index contributed by atoms with van der Waals surface area (Å²) in [5, 5.41) is 8.33. The zero-order chi connectivity index (χ0) is 21.0. The Labute approximate surface area is 183 Å². The minimum absolute atomic E-state index is 0. The second-order valence-electron chi connectivity index (χ2n) is 6.64. The molecule has 0 aromatic carbocycles. The molecule has 0 heterocycles. The van der Waals surface area contributed by atoms with Gasteiger partial charge in [-0.1, -0.05) is 71.1 Å². The van der Waals surface area contributed by atoms with Crippen LogP contribution in [-0.4, -0.2) is 43.2 Å². The average molecular weight is 477 g/mol. The number of carboxylic acids is 1. The van der Waals surface area contributed by atoms with E-state index in [2.05, 4.69) is 11.1 Å². The molecule has 28 heavy (non-hydrogen) atoms. The Bertz CT molecular complexity index is 438. The van der Waals surface area contributed by atoms with Crippen LogP contribution in [0.2, 0.25) is 0 Å². The molecule has 0 unspecified atom stereocenters. The van der Waals surface area contributed by atoms with E-state index in [1.165, 1.54) is 44.9 Å². The third kappa shape index (κ3) is 30.6. The fourth-order valence-electron chi connectivity index (χ4n) is 2.38. The van der Waals surface area contributed by atoms with Crippen molar-refractivity contribution in [2.24, 2.45) is 11.5 Å². The molecule has 0 bridgehead atoms. The van der Waals surface area contributed by atoms with E-state index in [9.17, 15) is 17.8 Å². The fourth-order valence-corrected chi connectivity index (χ4v) is 2.70. The molecule has 0 rings (SSSR count). The maximum Gasteiger partial charge on any atom is 0.320 e. The van der Waals surface area contributed by atoms with Gasteiger partial charge in [0, 0.05) is 19.5 Å². The number of rotatable bonds is 17. The molecule has 10 heteroatoms. The molecular weight excluding hydrogens is 438 g/mol. The molecule has 0 saturated heterocycles. The van der Waals surface area contributed by atoms with Crippen molar-refractivity contribution in [2.45, 2.75) is 96.4 Å². The molecule has 0 aliphatic heterocycles. The minimum Gasteiger partial charge on any atom is -0.726 e. The summed E-state index contributed by atoms with van der Waals surface area (Å²) in [6.45, 7) is 2.85. The number of unbranched alkanes of at least 4 members (excludes halogenated alkanes) is 10. The molecule has 0 fully saturated rings. The quantitative estimate of drug-likeness (QED) is 0.125. The van der Waals surface area contributed by atoms with Gasteiger partial charge in [-0.2, -0.15) is 0 Å². The second kappa shape index (κ2) is 23.2. The number of hydrogen-bond acceptors (Lipinski definition) is 7. The first kappa shape index (κ1) is 32.5. The van der Waals surface area contributed by atoms with Gasteiger partial charge >= 0.3 is 5.97 Å². The molecule has 1 atom stereocenters. The van der Waals surface area contributed by atoms with Crippen molar-refractivity contribution in [2.75, 3.05) is 13.2 Å². The fraction of sp³-hybridized carbons (Fsp3) is 0.944. The van der Waals surface area contributed by atoms with Gasteiger partial charge in [-0.3, -0.25) is 8.98 Å². The van der Waals surface area contributed by atoms with E-state index < -0.39 is 22.4 Å². The van der Waals surface area contributed by atoms with E-state index in [0.717, 1.165) is 25.7 Å². The van der Waals surface area contributed by atoms with Crippen LogP contribution in [0.1, 0.15) is 90.4 Å². The normalized spacial score (nSPS) is 11.9. The number of nitrogens with two attached hydrogens (primary N) is 2. The zero-order valence-electron chi connectivity index (χ0n) is 17.4. The number of carbonyl (C=O) groups is 1. The zero-order valence-corrected chi connectivity index (χ0v) is 21.2. The van der Waals surface area contributed by atoms with Crippen LogP contribution in [0.4, 0.5) is 0 Å². The monoisotopic (exact) mass is 475 g/mol. The van der Waals surface area contributed by atoms with Crippen molar-refractivity contribution in [3.8, 4) is 0 Å². The van der Waals surface area contributed by atoms with Crippen LogP contribution in [0, 0.1) is 0 Å². The first-order valence-corrected chi connectivity index (χ1v) is 11.4. The summed E-state index contributed by atoms with van der Waals surface area (Å²) in [5.41, 5.74) is 10.4. The van der Waals surface area contributed by atoms with E-state index >= 15 is 0 Å². The van der Waals surface area contributed by atoms with Crippen LogP contribution < -0.4 is 11.5 Å². The third-order valence-electron chi connectivity index (χ3n) is 4.01. The van der Waals surface area contributed by atoms with E-state index in [0.29, 0.717) is 19.4 Å². The minimum atomic E-state index is -4.48. The Morgan fingerprint density at radius 2 is 1.43 bits per heavy atom. The van der Waals surface area contributed by atoms with Gasteiger partial charge < -0.3 is 21.1 Å². The Morgan fingerprint density at radius 1 is 0.964 bits per heavy atom. The Balaban J connectivity index is -0.000000489. The summed E-state index contributed by atoms with van der Waals surface area (Å²) in [6.07, 6.45) is 13.9.